The van der Waals surface area contributed by atoms with Gasteiger partial charge in [0.1, 0.15) is 0 Å². The molecule has 1 fully saturated rings. The highest BCUT2D eigenvalue weighted by atomic mass is 35.5. The number of nitrogens with zero attached hydrogens (tertiary/aromatic N) is 1. The summed E-state index contributed by atoms with van der Waals surface area (Å²) in [5, 5.41) is 5.14. The van der Waals surface area contributed by atoms with Gasteiger partial charge in [-0.05, 0) is 18.1 Å². The van der Waals surface area contributed by atoms with Gasteiger partial charge in [-0.15, -0.1) is 0 Å². The second kappa shape index (κ2) is 5.87. The summed E-state index contributed by atoms with van der Waals surface area (Å²) in [6.45, 7) is 7.29. The molecule has 0 amide bonds. The molecule has 2 rings (SSSR count). The Morgan fingerprint density at radius 2 is 1.83 bits per heavy atom. The molecule has 0 saturated carbocycles. The second-order valence-corrected chi connectivity index (χ2v) is 6.15. The van der Waals surface area contributed by atoms with Gasteiger partial charge < -0.3 is 10.2 Å². The minimum atomic E-state index is 0.425. The topological polar surface area (TPSA) is 15.3 Å². The van der Waals surface area contributed by atoms with Crippen LogP contribution in [0.2, 0.25) is 15.1 Å². The normalized spacial score (nSPS) is 20.6. The molecule has 1 N–H and O–H groups in total. The van der Waals surface area contributed by atoms with Crippen molar-refractivity contribution in [3.05, 3.63) is 27.2 Å². The largest absolute Gasteiger partial charge is 0.364 e. The monoisotopic (exact) mass is 306 g/mol. The summed E-state index contributed by atoms with van der Waals surface area (Å²) in [5.41, 5.74) is 0.978. The number of benzene rings is 1. The van der Waals surface area contributed by atoms with Crippen LogP contribution in [-0.2, 0) is 0 Å². The lowest BCUT2D eigenvalue weighted by molar-refractivity contribution is 0.390. The summed E-state index contributed by atoms with van der Waals surface area (Å²) in [6, 6.07) is 4.01. The molecule has 1 heterocycles. The Morgan fingerprint density at radius 3 is 2.50 bits per heavy atom. The van der Waals surface area contributed by atoms with Crippen molar-refractivity contribution in [1.29, 1.82) is 0 Å². The van der Waals surface area contributed by atoms with Crippen molar-refractivity contribution in [2.45, 2.75) is 19.9 Å². The van der Waals surface area contributed by atoms with Crippen molar-refractivity contribution in [3.63, 3.8) is 0 Å². The van der Waals surface area contributed by atoms with Crippen LogP contribution in [0, 0.1) is 5.92 Å². The van der Waals surface area contributed by atoms with E-state index < -0.39 is 0 Å². The van der Waals surface area contributed by atoms with E-state index in [0.29, 0.717) is 27.0 Å². The van der Waals surface area contributed by atoms with Crippen molar-refractivity contribution in [2.75, 3.05) is 24.5 Å². The molecule has 0 bridgehead atoms. The molecule has 1 aliphatic heterocycles. The average molecular weight is 308 g/mol. The molecule has 1 aromatic carbocycles. The van der Waals surface area contributed by atoms with Gasteiger partial charge in [-0.2, -0.15) is 0 Å². The minimum Gasteiger partial charge on any atom is -0.364 e. The third-order valence-corrected chi connectivity index (χ3v) is 4.38. The first-order chi connectivity index (χ1) is 8.50. The van der Waals surface area contributed by atoms with Crippen LogP contribution >= 0.6 is 34.8 Å². The average Bonchev–Trinajstić information content (AvgIpc) is 2.34. The van der Waals surface area contributed by atoms with Crippen LogP contribution in [0.3, 0.4) is 0 Å². The lowest BCUT2D eigenvalue weighted by Crippen LogP contribution is -2.53. The van der Waals surface area contributed by atoms with E-state index in [2.05, 4.69) is 24.1 Å². The van der Waals surface area contributed by atoms with Crippen molar-refractivity contribution in [1.82, 2.24) is 5.32 Å². The Morgan fingerprint density at radius 1 is 1.17 bits per heavy atom. The Hall–Kier alpha value is -0.150. The van der Waals surface area contributed by atoms with E-state index in [-0.39, 0.29) is 0 Å². The Balaban J connectivity index is 2.36. The molecule has 1 saturated heterocycles. The molecule has 18 heavy (non-hydrogen) atoms. The van der Waals surface area contributed by atoms with Crippen molar-refractivity contribution in [3.8, 4) is 0 Å². The number of hydrogen-bond acceptors (Lipinski definition) is 2. The molecule has 1 aromatic rings. The fraction of sp³-hybridized carbons (Fsp3) is 0.538. The van der Waals surface area contributed by atoms with E-state index in [9.17, 15) is 0 Å². The molecule has 100 valence electrons. The van der Waals surface area contributed by atoms with E-state index in [1.807, 2.05) is 6.07 Å². The first-order valence-corrected chi connectivity index (χ1v) is 7.26. The molecule has 2 nitrogen and oxygen atoms in total. The lowest BCUT2D eigenvalue weighted by Gasteiger charge is -2.40. The van der Waals surface area contributed by atoms with Gasteiger partial charge in [0.05, 0.1) is 20.8 Å². The van der Waals surface area contributed by atoms with E-state index in [1.54, 1.807) is 6.07 Å². The van der Waals surface area contributed by atoms with Crippen LogP contribution in [0.25, 0.3) is 0 Å². The Kier molecular flexibility index (Phi) is 4.65. The molecule has 0 aromatic heterocycles. The van der Waals surface area contributed by atoms with Crippen LogP contribution in [0.4, 0.5) is 5.69 Å². The summed E-state index contributed by atoms with van der Waals surface area (Å²) in [7, 11) is 0. The number of halogens is 3. The predicted molar refractivity (Wildman–Crippen MR) is 80.3 cm³/mol. The quantitative estimate of drug-likeness (QED) is 0.828. The number of nitrogens with one attached hydrogen (secondary N) is 1. The van der Waals surface area contributed by atoms with Crippen LogP contribution in [0.5, 0.6) is 0 Å². The Labute approximate surface area is 123 Å². The van der Waals surface area contributed by atoms with Crippen molar-refractivity contribution < 1.29 is 0 Å². The van der Waals surface area contributed by atoms with Gasteiger partial charge in [0.2, 0.25) is 0 Å². The summed E-state index contributed by atoms with van der Waals surface area (Å²) in [6.07, 6.45) is 0. The number of piperazine rings is 1. The van der Waals surface area contributed by atoms with E-state index in [1.165, 1.54) is 0 Å². The highest BCUT2D eigenvalue weighted by Crippen LogP contribution is 2.36. The van der Waals surface area contributed by atoms with E-state index in [0.717, 1.165) is 25.3 Å². The fourth-order valence-corrected chi connectivity index (χ4v) is 3.00. The number of hydrogen-bond donors (Lipinski definition) is 1. The van der Waals surface area contributed by atoms with Gasteiger partial charge in [-0.25, -0.2) is 0 Å². The molecule has 1 aliphatic rings. The summed E-state index contributed by atoms with van der Waals surface area (Å²) >= 11 is 18.4. The zero-order chi connectivity index (χ0) is 13.3. The summed E-state index contributed by atoms with van der Waals surface area (Å²) < 4.78 is 0. The second-order valence-electron chi connectivity index (χ2n) is 4.93. The molecule has 5 heteroatoms. The van der Waals surface area contributed by atoms with Crippen LogP contribution in [0.1, 0.15) is 13.8 Å². The maximum Gasteiger partial charge on any atom is 0.0655 e. The number of rotatable bonds is 2. The molecule has 0 aliphatic carbocycles. The summed E-state index contributed by atoms with van der Waals surface area (Å²) in [5.74, 6) is 0.545. The number of anilines is 1. The Bertz CT molecular complexity index is 434. The zero-order valence-electron chi connectivity index (χ0n) is 10.5. The molecular formula is C13H17Cl3N2. The zero-order valence-corrected chi connectivity index (χ0v) is 12.8. The standard InChI is InChI=1S/C13H17Cl3N2/c1-8(2)13-7-17-3-4-18(13)12-6-10(15)9(14)5-11(12)16/h5-6,8,13,17H,3-4,7H2,1-2H3. The van der Waals surface area contributed by atoms with E-state index >= 15 is 0 Å². The van der Waals surface area contributed by atoms with Crippen molar-refractivity contribution >= 4 is 40.5 Å². The van der Waals surface area contributed by atoms with Gasteiger partial charge in [-0.1, -0.05) is 48.7 Å². The molecule has 1 atom stereocenters. The first-order valence-electron chi connectivity index (χ1n) is 6.12. The maximum atomic E-state index is 6.30. The molecule has 1 unspecified atom stereocenters. The first kappa shape index (κ1) is 14.3. The van der Waals surface area contributed by atoms with Crippen molar-refractivity contribution in [2.24, 2.45) is 5.92 Å². The maximum absolute atomic E-state index is 6.30. The molecular weight excluding hydrogens is 291 g/mol. The highest BCUT2D eigenvalue weighted by molar-refractivity contribution is 6.44. The van der Waals surface area contributed by atoms with Gasteiger partial charge in [0.15, 0.2) is 0 Å². The molecule has 0 spiro atoms. The summed E-state index contributed by atoms with van der Waals surface area (Å²) in [4.78, 5) is 2.33. The third-order valence-electron chi connectivity index (χ3n) is 3.35. The highest BCUT2D eigenvalue weighted by Gasteiger charge is 2.26. The van der Waals surface area contributed by atoms with Gasteiger partial charge in [0, 0.05) is 25.7 Å². The van der Waals surface area contributed by atoms with Gasteiger partial charge >= 0.3 is 0 Å². The lowest BCUT2D eigenvalue weighted by atomic mass is 10.00. The van der Waals surface area contributed by atoms with Crippen LogP contribution in [0.15, 0.2) is 12.1 Å². The predicted octanol–water partition coefficient (Wildman–Crippen LogP) is 4.08. The van der Waals surface area contributed by atoms with Crippen LogP contribution < -0.4 is 10.2 Å². The van der Waals surface area contributed by atoms with Gasteiger partial charge in [-0.3, -0.25) is 0 Å². The van der Waals surface area contributed by atoms with Crippen LogP contribution in [-0.4, -0.2) is 25.7 Å². The fourth-order valence-electron chi connectivity index (χ4n) is 2.35. The third kappa shape index (κ3) is 2.88. The molecule has 0 radical (unpaired) electrons. The SMILES string of the molecule is CC(C)C1CNCCN1c1cc(Cl)c(Cl)cc1Cl. The smallest absolute Gasteiger partial charge is 0.0655 e. The van der Waals surface area contributed by atoms with E-state index in [4.69, 9.17) is 34.8 Å². The van der Waals surface area contributed by atoms with Gasteiger partial charge in [0.25, 0.3) is 0 Å². The minimum absolute atomic E-state index is 0.425.